The van der Waals surface area contributed by atoms with Crippen molar-refractivity contribution in [1.29, 1.82) is 0 Å². The Hall–Kier alpha value is -2.09. The van der Waals surface area contributed by atoms with Crippen molar-refractivity contribution < 1.29 is 0 Å². The summed E-state index contributed by atoms with van der Waals surface area (Å²) in [6.07, 6.45) is 0. The van der Waals surface area contributed by atoms with Gasteiger partial charge in [0.05, 0.1) is 5.54 Å². The molecule has 0 aliphatic carbocycles. The van der Waals surface area contributed by atoms with Gasteiger partial charge in [-0.15, -0.1) is 0 Å². The van der Waals surface area contributed by atoms with Crippen molar-refractivity contribution in [3.63, 3.8) is 0 Å². The minimum Gasteiger partial charge on any atom is -0.321 e. The number of hydrogen-bond donors (Lipinski definition) is 0. The maximum absolute atomic E-state index is 5.06. The zero-order chi connectivity index (χ0) is 17.1. The Morgan fingerprint density at radius 1 is 0.739 bits per heavy atom. The Labute approximate surface area is 140 Å². The highest BCUT2D eigenvalue weighted by molar-refractivity contribution is 6.10. The zero-order valence-electron chi connectivity index (χ0n) is 15.2. The third-order valence-corrected chi connectivity index (χ3v) is 3.37. The number of hydrogen-bond acceptors (Lipinski definition) is 1. The first-order valence-electron chi connectivity index (χ1n) is 8.19. The lowest BCUT2D eigenvalue weighted by atomic mass is 10.0. The highest BCUT2D eigenvalue weighted by atomic mass is 15.2. The van der Waals surface area contributed by atoms with Crippen LogP contribution >= 0.6 is 0 Å². The quantitative estimate of drug-likeness (QED) is 0.525. The van der Waals surface area contributed by atoms with Crippen molar-refractivity contribution in [1.82, 2.24) is 0 Å². The number of anilines is 1. The van der Waals surface area contributed by atoms with Crippen LogP contribution in [0.1, 0.15) is 47.1 Å². The first kappa shape index (κ1) is 17.3. The van der Waals surface area contributed by atoms with E-state index in [-0.39, 0.29) is 11.1 Å². The molecule has 2 aromatic rings. The largest absolute Gasteiger partial charge is 0.321 e. The molecule has 0 fully saturated rings. The molecule has 0 N–H and O–H groups in total. The van der Waals surface area contributed by atoms with Gasteiger partial charge in [-0.1, -0.05) is 48.5 Å². The van der Waals surface area contributed by atoms with Crippen molar-refractivity contribution in [3.8, 4) is 0 Å². The molecule has 0 atom stereocenters. The molecule has 2 heteroatoms. The first-order chi connectivity index (χ1) is 10.7. The fourth-order valence-electron chi connectivity index (χ4n) is 2.55. The van der Waals surface area contributed by atoms with E-state index in [1.54, 1.807) is 0 Å². The highest BCUT2D eigenvalue weighted by Gasteiger charge is 2.28. The van der Waals surface area contributed by atoms with E-state index in [2.05, 4.69) is 95.0 Å². The van der Waals surface area contributed by atoms with Crippen molar-refractivity contribution in [3.05, 3.63) is 66.2 Å². The Morgan fingerprint density at radius 3 is 1.65 bits per heavy atom. The summed E-state index contributed by atoms with van der Waals surface area (Å²) >= 11 is 0. The van der Waals surface area contributed by atoms with Gasteiger partial charge in [0.1, 0.15) is 5.84 Å². The number of aliphatic imine (C=N–C) groups is 1. The summed E-state index contributed by atoms with van der Waals surface area (Å²) in [5.41, 5.74) is 2.07. The van der Waals surface area contributed by atoms with Crippen LogP contribution in [0, 0.1) is 0 Å². The molecule has 2 rings (SSSR count). The van der Waals surface area contributed by atoms with Gasteiger partial charge in [-0.2, -0.15) is 0 Å². The van der Waals surface area contributed by atoms with Crippen LogP contribution in [0.5, 0.6) is 0 Å². The molecule has 0 heterocycles. The molecule has 0 spiro atoms. The van der Waals surface area contributed by atoms with Crippen LogP contribution < -0.4 is 4.90 Å². The van der Waals surface area contributed by atoms with E-state index in [0.29, 0.717) is 0 Å². The van der Waals surface area contributed by atoms with Gasteiger partial charge < -0.3 is 4.90 Å². The molecule has 0 saturated heterocycles. The summed E-state index contributed by atoms with van der Waals surface area (Å²) in [7, 11) is 0. The number of rotatable bonds is 2. The average Bonchev–Trinajstić information content (AvgIpc) is 2.46. The van der Waals surface area contributed by atoms with Gasteiger partial charge in [-0.3, -0.25) is 4.99 Å². The van der Waals surface area contributed by atoms with Gasteiger partial charge in [0.25, 0.3) is 0 Å². The molecule has 0 aliphatic heterocycles. The maximum atomic E-state index is 5.06. The molecular formula is C21H28N2. The third-order valence-electron chi connectivity index (χ3n) is 3.37. The molecule has 0 radical (unpaired) electrons. The molecule has 0 saturated carbocycles. The smallest absolute Gasteiger partial charge is 0.136 e. The Balaban J connectivity index is 2.66. The Bertz CT molecular complexity index is 644. The molecule has 0 unspecified atom stereocenters. The van der Waals surface area contributed by atoms with Crippen LogP contribution in [0.3, 0.4) is 0 Å². The topological polar surface area (TPSA) is 15.6 Å². The Kier molecular flexibility index (Phi) is 4.93. The second kappa shape index (κ2) is 6.57. The number of benzene rings is 2. The lowest BCUT2D eigenvalue weighted by Crippen LogP contribution is -2.47. The van der Waals surface area contributed by atoms with E-state index in [1.165, 1.54) is 0 Å². The molecule has 2 aromatic carbocycles. The van der Waals surface area contributed by atoms with Crippen LogP contribution in [0.4, 0.5) is 5.69 Å². The van der Waals surface area contributed by atoms with Gasteiger partial charge >= 0.3 is 0 Å². The fourth-order valence-corrected chi connectivity index (χ4v) is 2.55. The van der Waals surface area contributed by atoms with Crippen LogP contribution in [-0.2, 0) is 0 Å². The summed E-state index contributed by atoms with van der Waals surface area (Å²) in [5, 5.41) is 0. The molecule has 0 amide bonds. The van der Waals surface area contributed by atoms with Crippen molar-refractivity contribution in [2.75, 3.05) is 4.90 Å². The minimum absolute atomic E-state index is 0.0821. The third kappa shape index (κ3) is 4.69. The number of para-hydroxylation sites is 1. The summed E-state index contributed by atoms with van der Waals surface area (Å²) in [6, 6.07) is 20.9. The summed E-state index contributed by atoms with van der Waals surface area (Å²) in [5.74, 6) is 1.01. The van der Waals surface area contributed by atoms with Gasteiger partial charge in [0, 0.05) is 16.8 Å². The highest BCUT2D eigenvalue weighted by Crippen LogP contribution is 2.28. The van der Waals surface area contributed by atoms with E-state index in [0.717, 1.165) is 17.1 Å². The second-order valence-corrected chi connectivity index (χ2v) is 7.81. The monoisotopic (exact) mass is 308 g/mol. The number of nitrogens with zero attached hydrogens (tertiary/aromatic N) is 2. The van der Waals surface area contributed by atoms with E-state index < -0.39 is 0 Å². The molecular weight excluding hydrogens is 280 g/mol. The molecule has 0 aromatic heterocycles. The summed E-state index contributed by atoms with van der Waals surface area (Å²) in [4.78, 5) is 7.39. The summed E-state index contributed by atoms with van der Waals surface area (Å²) in [6.45, 7) is 13.1. The van der Waals surface area contributed by atoms with E-state index >= 15 is 0 Å². The standard InChI is InChI=1S/C21H28N2/c1-20(2,3)22-19(17-13-9-7-10-14-17)23(21(4,5)6)18-15-11-8-12-16-18/h7-16H,1-6H3/b22-19-. The molecule has 0 aliphatic rings. The fraction of sp³-hybridized carbons (Fsp3) is 0.381. The lowest BCUT2D eigenvalue weighted by molar-refractivity contribution is 0.551. The number of amidine groups is 1. The average molecular weight is 308 g/mol. The Morgan fingerprint density at radius 2 is 1.22 bits per heavy atom. The normalized spacial score (nSPS) is 13.0. The lowest BCUT2D eigenvalue weighted by Gasteiger charge is -2.39. The van der Waals surface area contributed by atoms with Gasteiger partial charge in [0.15, 0.2) is 0 Å². The first-order valence-corrected chi connectivity index (χ1v) is 8.19. The van der Waals surface area contributed by atoms with E-state index in [1.807, 2.05) is 12.1 Å². The van der Waals surface area contributed by atoms with E-state index in [9.17, 15) is 0 Å². The predicted octanol–water partition coefficient (Wildman–Crippen LogP) is 5.54. The molecule has 23 heavy (non-hydrogen) atoms. The molecule has 2 nitrogen and oxygen atoms in total. The summed E-state index contributed by atoms with van der Waals surface area (Å²) < 4.78 is 0. The van der Waals surface area contributed by atoms with E-state index in [4.69, 9.17) is 4.99 Å². The molecule has 0 bridgehead atoms. The van der Waals surface area contributed by atoms with Gasteiger partial charge in [-0.25, -0.2) is 0 Å². The van der Waals surface area contributed by atoms with Crippen molar-refractivity contribution >= 4 is 11.5 Å². The van der Waals surface area contributed by atoms with Gasteiger partial charge in [-0.05, 0) is 53.7 Å². The van der Waals surface area contributed by atoms with Crippen LogP contribution in [0.15, 0.2) is 65.7 Å². The molecule has 122 valence electrons. The van der Waals surface area contributed by atoms with Gasteiger partial charge in [0.2, 0.25) is 0 Å². The zero-order valence-corrected chi connectivity index (χ0v) is 15.2. The second-order valence-electron chi connectivity index (χ2n) is 7.81. The minimum atomic E-state index is -0.149. The predicted molar refractivity (Wildman–Crippen MR) is 101 cm³/mol. The SMILES string of the molecule is CC(C)(C)/N=C(/c1ccccc1)N(c1ccccc1)C(C)(C)C. The van der Waals surface area contributed by atoms with Crippen LogP contribution in [0.2, 0.25) is 0 Å². The van der Waals surface area contributed by atoms with Crippen molar-refractivity contribution in [2.45, 2.75) is 52.6 Å². The van der Waals surface area contributed by atoms with Crippen LogP contribution in [0.25, 0.3) is 0 Å². The maximum Gasteiger partial charge on any atom is 0.136 e. The van der Waals surface area contributed by atoms with Crippen molar-refractivity contribution in [2.24, 2.45) is 4.99 Å². The van der Waals surface area contributed by atoms with Crippen LogP contribution in [-0.4, -0.2) is 16.9 Å².